The number of piperazine rings is 1. The van der Waals surface area contributed by atoms with Crippen LogP contribution in [0.3, 0.4) is 0 Å². The van der Waals surface area contributed by atoms with Crippen molar-refractivity contribution >= 4 is 17.7 Å². The van der Waals surface area contributed by atoms with Crippen molar-refractivity contribution in [2.75, 3.05) is 26.2 Å². The van der Waals surface area contributed by atoms with Gasteiger partial charge in [-0.2, -0.15) is 0 Å². The van der Waals surface area contributed by atoms with Crippen LogP contribution in [0.5, 0.6) is 0 Å². The number of aromatic nitrogens is 3. The van der Waals surface area contributed by atoms with Crippen LogP contribution in [0.2, 0.25) is 0 Å². The first kappa shape index (κ1) is 13.2. The molecule has 1 saturated heterocycles. The van der Waals surface area contributed by atoms with Gasteiger partial charge in [-0.1, -0.05) is 11.8 Å². The van der Waals surface area contributed by atoms with Crippen LogP contribution in [0, 0.1) is 0 Å². The zero-order valence-corrected chi connectivity index (χ0v) is 11.3. The van der Waals surface area contributed by atoms with Gasteiger partial charge >= 0.3 is 5.69 Å². The van der Waals surface area contributed by atoms with Crippen molar-refractivity contribution in [1.82, 2.24) is 25.0 Å². The smallest absolute Gasteiger partial charge is 0.339 e. The van der Waals surface area contributed by atoms with Crippen molar-refractivity contribution in [2.45, 2.75) is 17.3 Å². The molecule has 7 nitrogen and oxygen atoms in total. The average molecular weight is 271 g/mol. The Bertz CT molecular complexity index is 477. The Balaban J connectivity index is 1.98. The van der Waals surface area contributed by atoms with Gasteiger partial charge in [0.1, 0.15) is 0 Å². The van der Waals surface area contributed by atoms with E-state index in [0.717, 1.165) is 26.2 Å². The zero-order chi connectivity index (χ0) is 13.1. The summed E-state index contributed by atoms with van der Waals surface area (Å²) in [6.07, 6.45) is 0. The summed E-state index contributed by atoms with van der Waals surface area (Å²) in [5, 5.41) is 9.76. The molecule has 0 aliphatic carbocycles. The first-order chi connectivity index (χ1) is 8.59. The Morgan fingerprint density at radius 3 is 2.67 bits per heavy atom. The standard InChI is InChI=1S/C10H17N5O2S/c1-7(8(16)15-5-3-11-4-6-15)18-10-13-12-9(17)14(10)2/h7,11H,3-6H2,1-2H3,(H,12,17). The van der Waals surface area contributed by atoms with Gasteiger partial charge < -0.3 is 10.2 Å². The first-order valence-corrected chi connectivity index (χ1v) is 6.75. The fourth-order valence-corrected chi connectivity index (χ4v) is 2.69. The molecule has 1 aliphatic rings. The number of amides is 1. The lowest BCUT2D eigenvalue weighted by atomic mass is 10.3. The maximum Gasteiger partial charge on any atom is 0.343 e. The molecule has 0 bridgehead atoms. The molecule has 100 valence electrons. The largest absolute Gasteiger partial charge is 0.343 e. The molecular weight excluding hydrogens is 254 g/mol. The van der Waals surface area contributed by atoms with Crippen LogP contribution in [0.4, 0.5) is 0 Å². The number of thioether (sulfide) groups is 1. The Morgan fingerprint density at radius 1 is 1.44 bits per heavy atom. The molecule has 2 heterocycles. The molecule has 0 radical (unpaired) electrons. The SMILES string of the molecule is CC(Sc1n[nH]c(=O)n1C)C(=O)N1CCNCC1. The monoisotopic (exact) mass is 271 g/mol. The fraction of sp³-hybridized carbons (Fsp3) is 0.700. The molecule has 8 heteroatoms. The van der Waals surface area contributed by atoms with E-state index >= 15 is 0 Å². The van der Waals surface area contributed by atoms with Gasteiger partial charge in [0, 0.05) is 33.2 Å². The summed E-state index contributed by atoms with van der Waals surface area (Å²) in [6, 6.07) is 0. The molecule has 1 unspecified atom stereocenters. The van der Waals surface area contributed by atoms with E-state index in [0.29, 0.717) is 5.16 Å². The number of rotatable bonds is 3. The summed E-state index contributed by atoms with van der Waals surface area (Å²) in [7, 11) is 1.64. The second-order valence-electron chi connectivity index (χ2n) is 4.21. The molecule has 0 saturated carbocycles. The number of hydrogen-bond donors (Lipinski definition) is 2. The second kappa shape index (κ2) is 5.57. The molecule has 1 atom stereocenters. The van der Waals surface area contributed by atoms with Gasteiger partial charge in [0.2, 0.25) is 5.91 Å². The van der Waals surface area contributed by atoms with E-state index in [1.807, 2.05) is 11.8 Å². The van der Waals surface area contributed by atoms with Gasteiger partial charge in [0.25, 0.3) is 0 Å². The van der Waals surface area contributed by atoms with Gasteiger partial charge in [-0.05, 0) is 6.92 Å². The Hall–Kier alpha value is -1.28. The Labute approximate surface area is 109 Å². The molecule has 0 aromatic carbocycles. The minimum atomic E-state index is -0.265. The van der Waals surface area contributed by atoms with Crippen molar-refractivity contribution < 1.29 is 4.79 Å². The van der Waals surface area contributed by atoms with E-state index < -0.39 is 0 Å². The van der Waals surface area contributed by atoms with Crippen molar-refractivity contribution in [1.29, 1.82) is 0 Å². The predicted molar refractivity (Wildman–Crippen MR) is 68.6 cm³/mol. The van der Waals surface area contributed by atoms with E-state index in [1.54, 1.807) is 7.05 Å². The predicted octanol–water partition coefficient (Wildman–Crippen LogP) is -0.979. The van der Waals surface area contributed by atoms with Crippen molar-refractivity contribution in [2.24, 2.45) is 7.05 Å². The van der Waals surface area contributed by atoms with Crippen molar-refractivity contribution in [3.63, 3.8) is 0 Å². The van der Waals surface area contributed by atoms with E-state index in [9.17, 15) is 9.59 Å². The highest BCUT2D eigenvalue weighted by Gasteiger charge is 2.24. The summed E-state index contributed by atoms with van der Waals surface area (Å²) in [6.45, 7) is 4.99. The van der Waals surface area contributed by atoms with Gasteiger partial charge in [0.15, 0.2) is 5.16 Å². The molecule has 0 spiro atoms. The first-order valence-electron chi connectivity index (χ1n) is 5.87. The van der Waals surface area contributed by atoms with E-state index in [-0.39, 0.29) is 16.8 Å². The van der Waals surface area contributed by atoms with Gasteiger partial charge in [-0.15, -0.1) is 5.10 Å². The molecular formula is C10H17N5O2S. The van der Waals surface area contributed by atoms with Gasteiger partial charge in [-0.25, -0.2) is 9.89 Å². The number of hydrogen-bond acceptors (Lipinski definition) is 5. The molecule has 1 aromatic rings. The summed E-state index contributed by atoms with van der Waals surface area (Å²) >= 11 is 1.30. The minimum absolute atomic E-state index is 0.0944. The molecule has 2 N–H and O–H groups in total. The number of H-pyrrole nitrogens is 1. The summed E-state index contributed by atoms with van der Waals surface area (Å²) < 4.78 is 1.41. The lowest BCUT2D eigenvalue weighted by Gasteiger charge is -2.29. The normalized spacial score (nSPS) is 17.8. The Morgan fingerprint density at radius 2 is 2.11 bits per heavy atom. The van der Waals surface area contributed by atoms with Crippen LogP contribution < -0.4 is 11.0 Å². The van der Waals surface area contributed by atoms with Gasteiger partial charge in [-0.3, -0.25) is 9.36 Å². The lowest BCUT2D eigenvalue weighted by molar-refractivity contribution is -0.130. The van der Waals surface area contributed by atoms with E-state index in [4.69, 9.17) is 0 Å². The maximum absolute atomic E-state index is 12.2. The summed E-state index contributed by atoms with van der Waals surface area (Å²) in [4.78, 5) is 25.2. The van der Waals surface area contributed by atoms with Crippen molar-refractivity contribution in [3.05, 3.63) is 10.5 Å². The van der Waals surface area contributed by atoms with E-state index in [1.165, 1.54) is 16.3 Å². The summed E-state index contributed by atoms with van der Waals surface area (Å²) in [5.41, 5.74) is -0.265. The molecule has 1 fully saturated rings. The lowest BCUT2D eigenvalue weighted by Crippen LogP contribution is -2.48. The number of carbonyl (C=O) groups is 1. The number of nitrogens with one attached hydrogen (secondary N) is 2. The molecule has 1 aromatic heterocycles. The topological polar surface area (TPSA) is 83.0 Å². The summed E-state index contributed by atoms with van der Waals surface area (Å²) in [5.74, 6) is 0.0944. The van der Waals surface area contributed by atoms with Crippen LogP contribution in [0.25, 0.3) is 0 Å². The molecule has 2 rings (SSSR count). The molecule has 1 aliphatic heterocycles. The van der Waals surface area contributed by atoms with E-state index in [2.05, 4.69) is 15.5 Å². The highest BCUT2D eigenvalue weighted by molar-refractivity contribution is 8.00. The number of nitrogens with zero attached hydrogens (tertiary/aromatic N) is 3. The third kappa shape index (κ3) is 2.75. The maximum atomic E-state index is 12.2. The van der Waals surface area contributed by atoms with Crippen LogP contribution >= 0.6 is 11.8 Å². The van der Waals surface area contributed by atoms with Crippen LogP contribution in [-0.4, -0.2) is 57.0 Å². The number of carbonyl (C=O) groups excluding carboxylic acids is 1. The minimum Gasteiger partial charge on any atom is -0.339 e. The van der Waals surface area contributed by atoms with Crippen LogP contribution in [-0.2, 0) is 11.8 Å². The number of aromatic amines is 1. The van der Waals surface area contributed by atoms with Crippen LogP contribution in [0.1, 0.15) is 6.92 Å². The molecule has 18 heavy (non-hydrogen) atoms. The average Bonchev–Trinajstić information content (AvgIpc) is 2.71. The van der Waals surface area contributed by atoms with Crippen molar-refractivity contribution in [3.8, 4) is 0 Å². The third-order valence-electron chi connectivity index (χ3n) is 2.90. The third-order valence-corrected chi connectivity index (χ3v) is 4.03. The van der Waals surface area contributed by atoms with Gasteiger partial charge in [0.05, 0.1) is 5.25 Å². The fourth-order valence-electron chi connectivity index (χ4n) is 1.79. The second-order valence-corrected chi connectivity index (χ2v) is 5.51. The Kier molecular flexibility index (Phi) is 4.07. The molecule has 1 amide bonds. The zero-order valence-electron chi connectivity index (χ0n) is 10.5. The highest BCUT2D eigenvalue weighted by Crippen LogP contribution is 2.20. The highest BCUT2D eigenvalue weighted by atomic mass is 32.2. The van der Waals surface area contributed by atoms with Crippen LogP contribution in [0.15, 0.2) is 9.95 Å². The quantitative estimate of drug-likeness (QED) is 0.691.